The number of nitrogens with one attached hydrogen (secondary N) is 1. The molecule has 1 aromatic carbocycles. The van der Waals surface area contributed by atoms with E-state index < -0.39 is 0 Å². The van der Waals surface area contributed by atoms with Gasteiger partial charge in [-0.3, -0.25) is 0 Å². The Balaban J connectivity index is 2.14. The van der Waals surface area contributed by atoms with Crippen LogP contribution < -0.4 is 10.2 Å². The fourth-order valence-electron chi connectivity index (χ4n) is 2.69. The van der Waals surface area contributed by atoms with Crippen LogP contribution in [0.3, 0.4) is 0 Å². The van der Waals surface area contributed by atoms with Crippen molar-refractivity contribution in [3.8, 4) is 0 Å². The van der Waals surface area contributed by atoms with Gasteiger partial charge in [0.05, 0.1) is 11.2 Å². The van der Waals surface area contributed by atoms with Gasteiger partial charge in [0, 0.05) is 44.3 Å². The number of para-hydroxylation sites is 1. The minimum Gasteiger partial charge on any atom is -0.367 e. The molecule has 1 aliphatic rings. The van der Waals surface area contributed by atoms with Crippen LogP contribution in [-0.4, -0.2) is 30.7 Å². The highest BCUT2D eigenvalue weighted by atomic mass is 15.2. The Morgan fingerprint density at radius 1 is 1.18 bits per heavy atom. The molecule has 0 aliphatic carbocycles. The highest BCUT2D eigenvalue weighted by Crippen LogP contribution is 2.29. The smallest absolute Gasteiger partial charge is 0.0717 e. The first-order valence-corrected chi connectivity index (χ1v) is 6.28. The summed E-state index contributed by atoms with van der Waals surface area (Å²) < 4.78 is 2.30. The van der Waals surface area contributed by atoms with E-state index in [1.165, 1.54) is 22.3 Å². The number of nitrogens with zero attached hydrogens (tertiary/aromatic N) is 2. The lowest BCUT2D eigenvalue weighted by Gasteiger charge is -2.30. The van der Waals surface area contributed by atoms with Crippen molar-refractivity contribution in [2.75, 3.05) is 31.1 Å². The molecule has 2 heterocycles. The van der Waals surface area contributed by atoms with Crippen molar-refractivity contribution in [1.29, 1.82) is 0 Å². The molecule has 17 heavy (non-hydrogen) atoms. The predicted molar refractivity (Wildman–Crippen MR) is 72.7 cm³/mol. The van der Waals surface area contributed by atoms with Gasteiger partial charge in [0.25, 0.3) is 0 Å². The van der Waals surface area contributed by atoms with E-state index >= 15 is 0 Å². The van der Waals surface area contributed by atoms with Crippen molar-refractivity contribution < 1.29 is 0 Å². The summed E-state index contributed by atoms with van der Waals surface area (Å²) >= 11 is 0. The van der Waals surface area contributed by atoms with Crippen LogP contribution in [0.25, 0.3) is 10.9 Å². The summed E-state index contributed by atoms with van der Waals surface area (Å²) in [6.45, 7) is 6.54. The van der Waals surface area contributed by atoms with E-state index in [-0.39, 0.29) is 0 Å². The number of fused-ring (bicyclic) bond motifs is 1. The molecular formula is C14H19N3. The predicted octanol–water partition coefficient (Wildman–Crippen LogP) is 1.90. The first-order valence-electron chi connectivity index (χ1n) is 6.28. The molecule has 0 unspecified atom stereocenters. The second-order valence-electron chi connectivity index (χ2n) is 4.80. The highest BCUT2D eigenvalue weighted by Gasteiger charge is 2.15. The highest BCUT2D eigenvalue weighted by molar-refractivity contribution is 5.93. The van der Waals surface area contributed by atoms with E-state index in [1.807, 2.05) is 0 Å². The monoisotopic (exact) mass is 229 g/mol. The largest absolute Gasteiger partial charge is 0.367 e. The lowest BCUT2D eigenvalue weighted by Crippen LogP contribution is -2.43. The van der Waals surface area contributed by atoms with Crippen LogP contribution in [0, 0.1) is 6.92 Å². The third-order valence-electron chi connectivity index (χ3n) is 3.73. The summed E-state index contributed by atoms with van der Waals surface area (Å²) in [4.78, 5) is 2.48. The Labute approximate surface area is 102 Å². The van der Waals surface area contributed by atoms with E-state index in [1.54, 1.807) is 0 Å². The Morgan fingerprint density at radius 2 is 1.94 bits per heavy atom. The molecular weight excluding hydrogens is 210 g/mol. The fourth-order valence-corrected chi connectivity index (χ4v) is 2.69. The molecule has 1 N–H and O–H groups in total. The van der Waals surface area contributed by atoms with E-state index in [4.69, 9.17) is 0 Å². The zero-order valence-electron chi connectivity index (χ0n) is 10.5. The first-order chi connectivity index (χ1) is 8.27. The van der Waals surface area contributed by atoms with E-state index in [9.17, 15) is 0 Å². The molecule has 1 saturated heterocycles. The Hall–Kier alpha value is -1.48. The average Bonchev–Trinajstić information content (AvgIpc) is 2.66. The standard InChI is InChI=1S/C14H19N3/c1-11-10-12-4-3-5-13(14(12)16(11)2)17-8-6-15-7-9-17/h3-5,10,15H,6-9H2,1-2H3. The van der Waals surface area contributed by atoms with Gasteiger partial charge in [-0.15, -0.1) is 0 Å². The molecule has 0 amide bonds. The van der Waals surface area contributed by atoms with Gasteiger partial charge in [-0.1, -0.05) is 12.1 Å². The van der Waals surface area contributed by atoms with Crippen LogP contribution in [0.2, 0.25) is 0 Å². The molecule has 1 fully saturated rings. The first kappa shape index (κ1) is 10.7. The molecule has 1 aromatic heterocycles. The van der Waals surface area contributed by atoms with E-state index in [0.717, 1.165) is 26.2 Å². The second kappa shape index (κ2) is 4.08. The van der Waals surface area contributed by atoms with Gasteiger partial charge in [-0.25, -0.2) is 0 Å². The van der Waals surface area contributed by atoms with Crippen LogP contribution in [0.5, 0.6) is 0 Å². The average molecular weight is 229 g/mol. The van der Waals surface area contributed by atoms with E-state index in [2.05, 4.69) is 53.0 Å². The zero-order valence-corrected chi connectivity index (χ0v) is 10.5. The molecule has 3 nitrogen and oxygen atoms in total. The summed E-state index contributed by atoms with van der Waals surface area (Å²) in [6, 6.07) is 8.88. The van der Waals surface area contributed by atoms with E-state index in [0.29, 0.717) is 0 Å². The van der Waals surface area contributed by atoms with Crippen LogP contribution in [0.15, 0.2) is 24.3 Å². The third-order valence-corrected chi connectivity index (χ3v) is 3.73. The van der Waals surface area contributed by atoms with Crippen LogP contribution in [0.4, 0.5) is 5.69 Å². The summed E-state index contributed by atoms with van der Waals surface area (Å²) in [5, 5.41) is 4.75. The second-order valence-corrected chi connectivity index (χ2v) is 4.80. The number of rotatable bonds is 1. The van der Waals surface area contributed by atoms with Crippen molar-refractivity contribution in [2.24, 2.45) is 7.05 Å². The number of aromatic nitrogens is 1. The zero-order chi connectivity index (χ0) is 11.8. The summed E-state index contributed by atoms with van der Waals surface area (Å²) in [5.41, 5.74) is 4.06. The van der Waals surface area contributed by atoms with Crippen molar-refractivity contribution >= 4 is 16.6 Å². The van der Waals surface area contributed by atoms with Gasteiger partial charge < -0.3 is 14.8 Å². The number of hydrogen-bond acceptors (Lipinski definition) is 2. The van der Waals surface area contributed by atoms with Gasteiger partial charge in [0.1, 0.15) is 0 Å². The third kappa shape index (κ3) is 1.71. The summed E-state index contributed by atoms with van der Waals surface area (Å²) in [5.74, 6) is 0. The maximum atomic E-state index is 3.40. The van der Waals surface area contributed by atoms with Gasteiger partial charge in [-0.05, 0) is 19.1 Å². The van der Waals surface area contributed by atoms with Gasteiger partial charge in [-0.2, -0.15) is 0 Å². The minimum absolute atomic E-state index is 1.08. The molecule has 3 heteroatoms. The maximum Gasteiger partial charge on any atom is 0.0717 e. The number of aryl methyl sites for hydroxylation is 2. The fraction of sp³-hybridized carbons (Fsp3) is 0.429. The minimum atomic E-state index is 1.08. The van der Waals surface area contributed by atoms with Crippen LogP contribution in [-0.2, 0) is 7.05 Å². The van der Waals surface area contributed by atoms with Gasteiger partial charge >= 0.3 is 0 Å². The Bertz CT molecular complexity index is 536. The lowest BCUT2D eigenvalue weighted by atomic mass is 10.2. The van der Waals surface area contributed by atoms with Crippen molar-refractivity contribution in [3.05, 3.63) is 30.0 Å². The molecule has 0 saturated carbocycles. The summed E-state index contributed by atoms with van der Waals surface area (Å²) in [7, 11) is 2.16. The van der Waals surface area contributed by atoms with Gasteiger partial charge in [0.15, 0.2) is 0 Å². The molecule has 0 radical (unpaired) electrons. The molecule has 1 aliphatic heterocycles. The number of benzene rings is 1. The van der Waals surface area contributed by atoms with Crippen molar-refractivity contribution in [3.63, 3.8) is 0 Å². The van der Waals surface area contributed by atoms with Crippen LogP contribution >= 0.6 is 0 Å². The topological polar surface area (TPSA) is 20.2 Å². The number of anilines is 1. The number of hydrogen-bond donors (Lipinski definition) is 1. The molecule has 0 spiro atoms. The van der Waals surface area contributed by atoms with Crippen molar-refractivity contribution in [2.45, 2.75) is 6.92 Å². The molecule has 3 rings (SSSR count). The lowest BCUT2D eigenvalue weighted by molar-refractivity contribution is 0.589. The normalized spacial score (nSPS) is 16.7. The molecule has 2 aromatic rings. The van der Waals surface area contributed by atoms with Crippen LogP contribution in [0.1, 0.15) is 5.69 Å². The number of piperazine rings is 1. The molecule has 0 bridgehead atoms. The molecule has 0 atom stereocenters. The maximum absolute atomic E-state index is 3.40. The summed E-state index contributed by atoms with van der Waals surface area (Å²) in [6.07, 6.45) is 0. The molecule has 90 valence electrons. The quantitative estimate of drug-likeness (QED) is 0.806. The Morgan fingerprint density at radius 3 is 2.71 bits per heavy atom. The Kier molecular flexibility index (Phi) is 2.56. The SMILES string of the molecule is Cc1cc2cccc(N3CCNCC3)c2n1C. The van der Waals surface area contributed by atoms with Gasteiger partial charge in [0.2, 0.25) is 0 Å². The van der Waals surface area contributed by atoms with Crippen molar-refractivity contribution in [1.82, 2.24) is 9.88 Å².